The van der Waals surface area contributed by atoms with Gasteiger partial charge in [-0.25, -0.2) is 9.18 Å². The lowest BCUT2D eigenvalue weighted by atomic mass is 9.95. The summed E-state index contributed by atoms with van der Waals surface area (Å²) in [6, 6.07) is 6.93. The number of nitro groups is 1. The molecule has 0 saturated heterocycles. The van der Waals surface area contributed by atoms with Crippen LogP contribution in [0, 0.1) is 21.7 Å². The number of ether oxygens (including phenoxy) is 1. The zero-order valence-electron chi connectivity index (χ0n) is 14.0. The molecular formula is C17H16F2N2O5. The van der Waals surface area contributed by atoms with Crippen LogP contribution in [-0.4, -0.2) is 21.7 Å². The summed E-state index contributed by atoms with van der Waals surface area (Å²) in [6.07, 6.45) is -1.10. The first kappa shape index (κ1) is 19.1. The highest BCUT2D eigenvalue weighted by molar-refractivity contribution is 5.65. The second-order valence-corrected chi connectivity index (χ2v) is 6.22. The summed E-state index contributed by atoms with van der Waals surface area (Å²) in [6.45, 7) is 3.23. The summed E-state index contributed by atoms with van der Waals surface area (Å²) in [4.78, 5) is 20.5. The molecule has 2 rings (SSSR count). The average molecular weight is 366 g/mol. The van der Waals surface area contributed by atoms with Crippen molar-refractivity contribution in [1.82, 2.24) is 5.32 Å². The van der Waals surface area contributed by atoms with E-state index in [1.54, 1.807) is 13.8 Å². The molecule has 2 aromatic carbocycles. The third-order valence-corrected chi connectivity index (χ3v) is 3.45. The first-order chi connectivity index (χ1) is 12.1. The van der Waals surface area contributed by atoms with Crippen LogP contribution in [0.1, 0.15) is 19.4 Å². The topological polar surface area (TPSA) is 102 Å². The van der Waals surface area contributed by atoms with Crippen LogP contribution in [0.15, 0.2) is 36.4 Å². The first-order valence-electron chi connectivity index (χ1n) is 7.49. The normalized spacial score (nSPS) is 11.1. The van der Waals surface area contributed by atoms with Crippen molar-refractivity contribution in [2.24, 2.45) is 0 Å². The number of hydrogen-bond acceptors (Lipinski definition) is 4. The van der Waals surface area contributed by atoms with Gasteiger partial charge in [-0.1, -0.05) is 6.07 Å². The van der Waals surface area contributed by atoms with Gasteiger partial charge in [-0.3, -0.25) is 10.1 Å². The maximum Gasteiger partial charge on any atom is 0.405 e. The lowest BCUT2D eigenvalue weighted by Gasteiger charge is -2.24. The van der Waals surface area contributed by atoms with E-state index >= 15 is 0 Å². The van der Waals surface area contributed by atoms with Crippen molar-refractivity contribution in [1.29, 1.82) is 0 Å². The molecule has 0 bridgehead atoms. The Morgan fingerprint density at radius 1 is 1.19 bits per heavy atom. The van der Waals surface area contributed by atoms with E-state index in [-0.39, 0.29) is 23.5 Å². The van der Waals surface area contributed by atoms with Crippen molar-refractivity contribution in [3.05, 3.63) is 63.7 Å². The molecule has 0 fully saturated rings. The molecule has 0 saturated carbocycles. The number of halogens is 2. The zero-order chi connectivity index (χ0) is 19.5. The predicted octanol–water partition coefficient (Wildman–Crippen LogP) is 4.25. The maximum absolute atomic E-state index is 14.3. The van der Waals surface area contributed by atoms with Crippen molar-refractivity contribution in [2.45, 2.75) is 25.8 Å². The third-order valence-electron chi connectivity index (χ3n) is 3.45. The Labute approximate surface area is 147 Å². The van der Waals surface area contributed by atoms with Crippen LogP contribution in [-0.2, 0) is 6.42 Å². The van der Waals surface area contributed by atoms with E-state index in [0.29, 0.717) is 0 Å². The minimum atomic E-state index is -1.21. The molecule has 0 aliphatic heterocycles. The van der Waals surface area contributed by atoms with Gasteiger partial charge in [-0.15, -0.1) is 0 Å². The van der Waals surface area contributed by atoms with E-state index in [2.05, 4.69) is 5.32 Å². The molecule has 0 aliphatic rings. The fraction of sp³-hybridized carbons (Fsp3) is 0.235. The molecule has 0 unspecified atom stereocenters. The Bertz CT molecular complexity index is 855. The van der Waals surface area contributed by atoms with E-state index < -0.39 is 33.9 Å². The van der Waals surface area contributed by atoms with Crippen molar-refractivity contribution in [3.63, 3.8) is 0 Å². The molecule has 0 spiro atoms. The van der Waals surface area contributed by atoms with Crippen LogP contribution in [0.4, 0.5) is 19.3 Å². The van der Waals surface area contributed by atoms with Gasteiger partial charge in [-0.05, 0) is 38.0 Å². The van der Waals surface area contributed by atoms with Crippen molar-refractivity contribution in [3.8, 4) is 11.5 Å². The van der Waals surface area contributed by atoms with Crippen LogP contribution >= 0.6 is 0 Å². The van der Waals surface area contributed by atoms with Crippen LogP contribution in [0.2, 0.25) is 0 Å². The number of rotatable bonds is 6. The summed E-state index contributed by atoms with van der Waals surface area (Å²) in [5, 5.41) is 21.7. The van der Waals surface area contributed by atoms with Crippen molar-refractivity contribution < 1.29 is 28.3 Å². The quantitative estimate of drug-likeness (QED) is 0.588. The second-order valence-electron chi connectivity index (χ2n) is 6.22. The van der Waals surface area contributed by atoms with E-state index in [1.807, 2.05) is 0 Å². The molecule has 138 valence electrons. The Morgan fingerprint density at radius 3 is 2.27 bits per heavy atom. The average Bonchev–Trinajstić information content (AvgIpc) is 2.48. The standard InChI is InChI=1S/C17H16F2N2O5/c1-17(2,20-16(22)23)9-10-3-4-11(7-13(10)18)26-12-5-6-15(21(24)25)14(19)8-12/h3-8,20H,9H2,1-2H3,(H,22,23). The lowest BCUT2D eigenvalue weighted by Crippen LogP contribution is -2.44. The molecule has 0 atom stereocenters. The monoisotopic (exact) mass is 366 g/mol. The Balaban J connectivity index is 2.16. The van der Waals surface area contributed by atoms with E-state index in [0.717, 1.165) is 18.2 Å². The highest BCUT2D eigenvalue weighted by Crippen LogP contribution is 2.28. The molecule has 0 aliphatic carbocycles. The largest absolute Gasteiger partial charge is 0.465 e. The van der Waals surface area contributed by atoms with Gasteiger partial charge >= 0.3 is 11.8 Å². The highest BCUT2D eigenvalue weighted by atomic mass is 19.1. The second kappa shape index (κ2) is 7.34. The molecule has 0 heterocycles. The lowest BCUT2D eigenvalue weighted by molar-refractivity contribution is -0.387. The Hall–Kier alpha value is -3.23. The SMILES string of the molecule is CC(C)(Cc1ccc(Oc2ccc([N+](=O)[O-])c(F)c2)cc1F)NC(=O)O. The summed E-state index contributed by atoms with van der Waals surface area (Å²) in [7, 11) is 0. The fourth-order valence-electron chi connectivity index (χ4n) is 2.38. The first-order valence-corrected chi connectivity index (χ1v) is 7.49. The number of carboxylic acid groups (broad SMARTS) is 1. The molecule has 26 heavy (non-hydrogen) atoms. The number of amides is 1. The van der Waals surface area contributed by atoms with Gasteiger partial charge in [0, 0.05) is 23.7 Å². The van der Waals surface area contributed by atoms with Crippen LogP contribution < -0.4 is 10.1 Å². The number of carbonyl (C=O) groups is 1. The molecule has 7 nitrogen and oxygen atoms in total. The number of hydrogen-bond donors (Lipinski definition) is 2. The summed E-state index contributed by atoms with van der Waals surface area (Å²) in [5.74, 6) is -1.63. The molecule has 0 radical (unpaired) electrons. The molecule has 2 aromatic rings. The van der Waals surface area contributed by atoms with Gasteiger partial charge in [0.25, 0.3) is 0 Å². The highest BCUT2D eigenvalue weighted by Gasteiger charge is 2.22. The molecule has 0 aromatic heterocycles. The maximum atomic E-state index is 14.3. The Kier molecular flexibility index (Phi) is 5.39. The number of benzene rings is 2. The number of nitro benzene ring substituents is 1. The van der Waals surface area contributed by atoms with Gasteiger partial charge < -0.3 is 15.2 Å². The van der Waals surface area contributed by atoms with E-state index in [4.69, 9.17) is 9.84 Å². The molecular weight excluding hydrogens is 350 g/mol. The minimum absolute atomic E-state index is 0.0203. The third kappa shape index (κ3) is 4.88. The molecule has 1 amide bonds. The van der Waals surface area contributed by atoms with Gasteiger partial charge in [-0.2, -0.15) is 4.39 Å². The zero-order valence-corrected chi connectivity index (χ0v) is 14.0. The van der Waals surface area contributed by atoms with Crippen molar-refractivity contribution in [2.75, 3.05) is 0 Å². The van der Waals surface area contributed by atoms with Crippen molar-refractivity contribution >= 4 is 11.8 Å². The van der Waals surface area contributed by atoms with E-state index in [1.165, 1.54) is 18.2 Å². The van der Waals surface area contributed by atoms with Gasteiger partial charge in [0.2, 0.25) is 5.82 Å². The van der Waals surface area contributed by atoms with Gasteiger partial charge in [0.05, 0.1) is 4.92 Å². The predicted molar refractivity (Wildman–Crippen MR) is 88.5 cm³/mol. The Morgan fingerprint density at radius 2 is 1.77 bits per heavy atom. The van der Waals surface area contributed by atoms with Crippen LogP contribution in [0.3, 0.4) is 0 Å². The summed E-state index contributed by atoms with van der Waals surface area (Å²) in [5.41, 5.74) is -1.30. The number of nitrogens with one attached hydrogen (secondary N) is 1. The van der Waals surface area contributed by atoms with Crippen LogP contribution in [0.25, 0.3) is 0 Å². The fourth-order valence-corrected chi connectivity index (χ4v) is 2.38. The molecule has 2 N–H and O–H groups in total. The van der Waals surface area contributed by atoms with Crippen LogP contribution in [0.5, 0.6) is 11.5 Å². The van der Waals surface area contributed by atoms with Gasteiger partial charge in [0.1, 0.15) is 17.3 Å². The molecule has 9 heteroatoms. The van der Waals surface area contributed by atoms with Gasteiger partial charge in [0.15, 0.2) is 0 Å². The smallest absolute Gasteiger partial charge is 0.405 e. The number of nitrogens with zero attached hydrogens (tertiary/aromatic N) is 1. The minimum Gasteiger partial charge on any atom is -0.465 e. The summed E-state index contributed by atoms with van der Waals surface area (Å²) >= 11 is 0. The summed E-state index contributed by atoms with van der Waals surface area (Å²) < 4.78 is 33.1. The van der Waals surface area contributed by atoms with E-state index in [9.17, 15) is 23.7 Å².